The molecule has 2 aromatic rings. The fraction of sp³-hybridized carbons (Fsp3) is 0.458. The summed E-state index contributed by atoms with van der Waals surface area (Å²) in [7, 11) is -5.63. The number of benzene rings is 1. The number of rotatable bonds is 10. The first-order valence-corrected chi connectivity index (χ1v) is 13.6. The van der Waals surface area contributed by atoms with E-state index in [1.54, 1.807) is 0 Å². The first-order valence-electron chi connectivity index (χ1n) is 14.4. The van der Waals surface area contributed by atoms with E-state index < -0.39 is 112 Å². The number of aromatic amines is 1. The fourth-order valence-corrected chi connectivity index (χ4v) is 4.83. The van der Waals surface area contributed by atoms with Crippen molar-refractivity contribution in [3.63, 3.8) is 0 Å². The minimum absolute atomic E-state index is 0. The number of nitrogens with zero attached hydrogens (tertiary/aromatic N) is 1. The molecular weight excluding hydrogens is 627 g/mol. The molecule has 0 spiro atoms. The molecule has 0 amide bonds. The van der Waals surface area contributed by atoms with E-state index >= 15 is 0 Å². The molecule has 1 saturated heterocycles. The number of carbonyl (C=O) groups is 4. The van der Waals surface area contributed by atoms with Crippen LogP contribution in [-0.4, -0.2) is 83.3 Å². The molecule has 1 aromatic heterocycles. The predicted molar refractivity (Wildman–Crippen MR) is 140 cm³/mol. The van der Waals surface area contributed by atoms with Crippen LogP contribution in [0.3, 0.4) is 0 Å². The van der Waals surface area contributed by atoms with Gasteiger partial charge in [-0.2, -0.15) is 8.42 Å². The number of thioether (sulfide) groups is 1. The fourth-order valence-electron chi connectivity index (χ4n) is 3.60. The second-order valence-corrected chi connectivity index (χ2v) is 10.2. The van der Waals surface area contributed by atoms with Gasteiger partial charge in [-0.25, -0.2) is 0 Å². The molecule has 1 aliphatic rings. The molecule has 1 N–H and O–H groups in total. The summed E-state index contributed by atoms with van der Waals surface area (Å²) in [5.74, 6) is -3.72. The van der Waals surface area contributed by atoms with Gasteiger partial charge in [-0.15, -0.1) is 0 Å². The van der Waals surface area contributed by atoms with E-state index in [1.165, 1.54) is 0 Å². The maximum Gasteiger partial charge on any atom is 1.00 e. The quantitative estimate of drug-likeness (QED) is 0.0441. The van der Waals surface area contributed by atoms with Crippen molar-refractivity contribution in [1.29, 1.82) is 0 Å². The molecule has 3 rings (SSSR count). The summed E-state index contributed by atoms with van der Waals surface area (Å²) in [5, 5.41) is 1.77. The third kappa shape index (κ3) is 10.9. The molecule has 1 aliphatic heterocycles. The predicted octanol–water partition coefficient (Wildman–Crippen LogP) is -1.68. The number of ether oxygens (including phenoxy) is 5. The van der Waals surface area contributed by atoms with Crippen LogP contribution in [0.4, 0.5) is 0 Å². The molecule has 2 heterocycles. The molecule has 1 aromatic carbocycles. The van der Waals surface area contributed by atoms with Gasteiger partial charge in [0.25, 0.3) is 10.4 Å². The molecule has 1 fully saturated rings. The van der Waals surface area contributed by atoms with Crippen LogP contribution >= 0.6 is 11.8 Å². The Labute approximate surface area is 296 Å². The van der Waals surface area contributed by atoms with E-state index in [0.717, 1.165) is 33.9 Å². The molecule has 224 valence electrons. The minimum Gasteiger partial charge on any atom is -0.714 e. The van der Waals surface area contributed by atoms with Gasteiger partial charge in [0.2, 0.25) is 0 Å². The first kappa shape index (κ1) is 27.5. The van der Waals surface area contributed by atoms with E-state index in [4.69, 9.17) is 31.9 Å². The number of para-hydroxylation sites is 1. The Kier molecular flexibility index (Phi) is 10.6. The summed E-state index contributed by atoms with van der Waals surface area (Å²) in [4.78, 5) is 50.5. The van der Waals surface area contributed by atoms with Gasteiger partial charge in [0.05, 0.1) is 5.48 Å². The third-order valence-electron chi connectivity index (χ3n) is 4.95. The number of H-pyrrole nitrogens is 1. The molecule has 15 nitrogen and oxygen atoms in total. The minimum atomic E-state index is -5.63. The van der Waals surface area contributed by atoms with Gasteiger partial charge in [0.1, 0.15) is 23.2 Å². The number of esters is 4. The van der Waals surface area contributed by atoms with Gasteiger partial charge < -0.3 is 33.2 Å². The van der Waals surface area contributed by atoms with Crippen molar-refractivity contribution in [3.8, 4) is 0 Å². The van der Waals surface area contributed by atoms with Crippen molar-refractivity contribution in [2.24, 2.45) is 5.16 Å². The van der Waals surface area contributed by atoms with Crippen molar-refractivity contribution in [1.82, 2.24) is 4.98 Å². The normalized spacial score (nSPS) is 24.8. The van der Waals surface area contributed by atoms with Crippen molar-refractivity contribution < 1.29 is 120 Å². The van der Waals surface area contributed by atoms with Crippen LogP contribution < -0.4 is 51.4 Å². The number of aromatic nitrogens is 1. The summed E-state index contributed by atoms with van der Waals surface area (Å²) in [6.45, 7) is 3.28. The Hall–Kier alpha value is -2.03. The van der Waals surface area contributed by atoms with E-state index in [0.29, 0.717) is 0 Å². The number of nitrogens with one attached hydrogen (secondary N) is 1. The second kappa shape index (κ2) is 16.2. The molecular formula is C24H27KN2O13S2. The van der Waals surface area contributed by atoms with Gasteiger partial charge in [-0.05, 0) is 11.6 Å². The van der Waals surface area contributed by atoms with Gasteiger partial charge in [0.15, 0.2) is 18.3 Å². The Morgan fingerprint density at radius 2 is 1.62 bits per heavy atom. The van der Waals surface area contributed by atoms with Gasteiger partial charge in [-0.1, -0.05) is 35.0 Å². The molecule has 0 aliphatic carbocycles. The van der Waals surface area contributed by atoms with E-state index in [-0.39, 0.29) is 74.0 Å². The van der Waals surface area contributed by atoms with E-state index in [2.05, 4.69) is 14.4 Å². The molecule has 18 heteroatoms. The Morgan fingerprint density at radius 3 is 2.21 bits per heavy atom. The molecule has 0 bridgehead atoms. The monoisotopic (exact) mass is 660 g/mol. The Bertz CT molecular complexity index is 1730. The van der Waals surface area contributed by atoms with Crippen LogP contribution in [0.25, 0.3) is 10.9 Å². The number of oxime groups is 1. The Morgan fingerprint density at radius 1 is 1.02 bits per heavy atom. The number of fused-ring (bicyclic) bond motifs is 1. The molecule has 0 unspecified atom stereocenters. The van der Waals surface area contributed by atoms with Crippen molar-refractivity contribution in [2.75, 3.05) is 6.61 Å². The van der Waals surface area contributed by atoms with Crippen molar-refractivity contribution >= 4 is 62.0 Å². The summed E-state index contributed by atoms with van der Waals surface area (Å²) < 4.78 is 115. The number of carbonyl (C=O) groups excluding carboxylic acids is 4. The SMILES string of the molecule is [2H]c1c([2H])c([2H])c2c(C([2H])([2H])/C(=N/OS(=O)(=O)[O-])S[C@@H]3O[C@H](COC(C)=O)[C@@H](OC(C)=O)[C@H](OC(C)=O)[C@H]3OC(C)=O)c[nH]c2c1[2H].[K+]. The maximum atomic E-state index is 12.2. The average molecular weight is 661 g/mol. The molecule has 0 radical (unpaired) electrons. The van der Waals surface area contributed by atoms with Gasteiger partial charge in [-0.3, -0.25) is 23.5 Å². The van der Waals surface area contributed by atoms with E-state index in [1.807, 2.05) is 0 Å². The second-order valence-electron chi connectivity index (χ2n) is 8.14. The zero-order valence-corrected chi connectivity index (χ0v) is 27.5. The van der Waals surface area contributed by atoms with Crippen LogP contribution in [0.2, 0.25) is 0 Å². The van der Waals surface area contributed by atoms with E-state index in [9.17, 15) is 32.1 Å². The average Bonchev–Trinajstić information content (AvgIpc) is 3.40. The molecule has 42 heavy (non-hydrogen) atoms. The molecule has 0 saturated carbocycles. The largest absolute Gasteiger partial charge is 1.00 e. The first-order chi connectivity index (χ1) is 21.6. The van der Waals surface area contributed by atoms with Crippen LogP contribution in [0.1, 0.15) is 41.5 Å². The standard InChI is InChI=1S/C24H28N2O13S2.K/c1-12(27)34-11-19-21(35-13(2)28)22(36-14(3)29)23(37-15(4)30)24(38-19)40-20(26-39-41(31,32)33)9-16-10-25-18-8-6-5-7-17(16)18;/h5-8,10,19,21-25H,9,11H2,1-4H3,(H,31,32,33);/q;+1/p-1/b26-20-;/t19-,21-,22+,23-,24+;/m1./s1/i5D,6D,7D,8D,9D2;. The molecule has 5 atom stereocenters. The third-order valence-corrected chi connectivity index (χ3v) is 6.22. The van der Waals surface area contributed by atoms with Crippen molar-refractivity contribution in [2.45, 2.75) is 63.9 Å². The van der Waals surface area contributed by atoms with Crippen LogP contribution in [0.15, 0.2) is 35.5 Å². The zero-order chi connectivity index (χ0) is 35.6. The maximum absolute atomic E-state index is 12.2. The van der Waals surface area contributed by atoms with Gasteiger partial charge >= 0.3 is 75.3 Å². The topological polar surface area (TPSA) is 209 Å². The van der Waals surface area contributed by atoms with Crippen LogP contribution in [0.5, 0.6) is 0 Å². The zero-order valence-electron chi connectivity index (χ0n) is 28.7. The van der Waals surface area contributed by atoms with Crippen molar-refractivity contribution in [3.05, 3.63) is 35.9 Å². The summed E-state index contributed by atoms with van der Waals surface area (Å²) in [6, 6.07) is -2.62. The summed E-state index contributed by atoms with van der Waals surface area (Å²) in [6.07, 6.45) is -8.67. The van der Waals surface area contributed by atoms with Gasteiger partial charge in [0, 0.05) is 53.9 Å². The summed E-state index contributed by atoms with van der Waals surface area (Å²) in [5.41, 5.74) is -2.52. The smallest absolute Gasteiger partial charge is 0.714 e. The van der Waals surface area contributed by atoms with Crippen LogP contribution in [-0.2, 0) is 63.9 Å². The summed E-state index contributed by atoms with van der Waals surface area (Å²) >= 11 is 0.146. The Balaban J connectivity index is 0.00000800. The van der Waals surface area contributed by atoms with Crippen LogP contribution in [0, 0.1) is 0 Å². The number of hydrogen-bond acceptors (Lipinski definition) is 15. The number of hydrogen-bond donors (Lipinski definition) is 1.